The van der Waals surface area contributed by atoms with E-state index in [1.165, 1.54) is 0 Å². The van der Waals surface area contributed by atoms with Crippen molar-refractivity contribution >= 4 is 16.7 Å². The largest absolute Gasteiger partial charge is 0.506 e. The molecule has 0 radical (unpaired) electrons. The molecule has 1 fully saturated rings. The van der Waals surface area contributed by atoms with Crippen LogP contribution in [0.5, 0.6) is 5.75 Å². The second-order valence-corrected chi connectivity index (χ2v) is 5.81. The highest BCUT2D eigenvalue weighted by atomic mass is 16.5. The molecule has 4 nitrogen and oxygen atoms in total. The zero-order valence-electron chi connectivity index (χ0n) is 12.1. The van der Waals surface area contributed by atoms with E-state index < -0.39 is 0 Å². The second kappa shape index (κ2) is 5.37. The van der Waals surface area contributed by atoms with Crippen LogP contribution in [0.25, 0.3) is 10.8 Å². The van der Waals surface area contributed by atoms with Crippen molar-refractivity contribution in [3.8, 4) is 5.75 Å². The summed E-state index contributed by atoms with van der Waals surface area (Å²) >= 11 is 0. The molecule has 0 unspecified atom stereocenters. The summed E-state index contributed by atoms with van der Waals surface area (Å²) in [6.07, 6.45) is 1.57. The molecule has 1 heterocycles. The first kappa shape index (κ1) is 13.9. The summed E-state index contributed by atoms with van der Waals surface area (Å²) in [7, 11) is 0. The molecule has 1 aliphatic rings. The molecular formula is C17H19NO3. The van der Waals surface area contributed by atoms with Crippen LogP contribution in [0.4, 0.5) is 0 Å². The number of hydrogen-bond donors (Lipinski definition) is 2. The zero-order chi connectivity index (χ0) is 14.9. The summed E-state index contributed by atoms with van der Waals surface area (Å²) in [6, 6.07) is 11.0. The van der Waals surface area contributed by atoms with Gasteiger partial charge in [-0.3, -0.25) is 4.79 Å². The van der Waals surface area contributed by atoms with Crippen molar-refractivity contribution in [1.29, 1.82) is 0 Å². The van der Waals surface area contributed by atoms with Crippen molar-refractivity contribution in [2.24, 2.45) is 0 Å². The summed E-state index contributed by atoms with van der Waals surface area (Å²) < 4.78 is 5.33. The Morgan fingerprint density at radius 2 is 1.90 bits per heavy atom. The van der Waals surface area contributed by atoms with E-state index in [2.05, 4.69) is 5.32 Å². The molecule has 2 N–H and O–H groups in total. The lowest BCUT2D eigenvalue weighted by Crippen LogP contribution is -2.49. The molecule has 2 aromatic carbocycles. The average molecular weight is 285 g/mol. The average Bonchev–Trinajstić information content (AvgIpc) is 2.48. The van der Waals surface area contributed by atoms with Crippen LogP contribution in [0.1, 0.15) is 30.1 Å². The first-order valence-corrected chi connectivity index (χ1v) is 7.20. The predicted molar refractivity (Wildman–Crippen MR) is 81.5 cm³/mol. The van der Waals surface area contributed by atoms with E-state index in [9.17, 15) is 9.90 Å². The van der Waals surface area contributed by atoms with Crippen molar-refractivity contribution in [3.05, 3.63) is 42.0 Å². The zero-order valence-corrected chi connectivity index (χ0v) is 12.1. The molecule has 1 aliphatic heterocycles. The number of fused-ring (bicyclic) bond motifs is 1. The number of benzene rings is 2. The van der Waals surface area contributed by atoms with E-state index in [-0.39, 0.29) is 17.2 Å². The quantitative estimate of drug-likeness (QED) is 0.892. The highest BCUT2D eigenvalue weighted by molar-refractivity contribution is 6.03. The molecule has 1 amide bonds. The molecule has 0 aromatic heterocycles. The Labute approximate surface area is 123 Å². The van der Waals surface area contributed by atoms with E-state index in [1.807, 2.05) is 37.3 Å². The fourth-order valence-corrected chi connectivity index (χ4v) is 2.73. The molecular weight excluding hydrogens is 266 g/mol. The van der Waals surface area contributed by atoms with Gasteiger partial charge in [0.05, 0.1) is 5.56 Å². The number of carbonyl (C=O) groups is 1. The molecule has 4 heteroatoms. The highest BCUT2D eigenvalue weighted by Gasteiger charge is 2.30. The molecule has 0 bridgehead atoms. The number of rotatable bonds is 2. The maximum Gasteiger partial charge on any atom is 0.255 e. The Balaban J connectivity index is 1.89. The van der Waals surface area contributed by atoms with E-state index in [0.717, 1.165) is 18.2 Å². The van der Waals surface area contributed by atoms with Crippen LogP contribution in [-0.2, 0) is 4.74 Å². The first-order valence-electron chi connectivity index (χ1n) is 7.20. The van der Waals surface area contributed by atoms with Gasteiger partial charge in [-0.25, -0.2) is 0 Å². The van der Waals surface area contributed by atoms with Gasteiger partial charge >= 0.3 is 0 Å². The number of carbonyl (C=O) groups excluding carboxylic acids is 1. The molecule has 1 saturated heterocycles. The minimum atomic E-state index is -0.270. The lowest BCUT2D eigenvalue weighted by atomic mass is 9.92. The normalized spacial score (nSPS) is 17.6. The van der Waals surface area contributed by atoms with Crippen molar-refractivity contribution in [3.63, 3.8) is 0 Å². The Morgan fingerprint density at radius 1 is 1.19 bits per heavy atom. The number of nitrogens with one attached hydrogen (secondary N) is 1. The number of hydrogen-bond acceptors (Lipinski definition) is 3. The van der Waals surface area contributed by atoms with Gasteiger partial charge in [0.25, 0.3) is 5.91 Å². The Hall–Kier alpha value is -2.07. The van der Waals surface area contributed by atoms with Crippen LogP contribution in [0.2, 0.25) is 0 Å². The minimum Gasteiger partial charge on any atom is -0.506 e. The third-order valence-corrected chi connectivity index (χ3v) is 4.16. The molecule has 3 rings (SSSR count). The van der Waals surface area contributed by atoms with Gasteiger partial charge in [0.1, 0.15) is 5.75 Å². The summed E-state index contributed by atoms with van der Waals surface area (Å²) in [4.78, 5) is 12.5. The van der Waals surface area contributed by atoms with Crippen molar-refractivity contribution in [2.45, 2.75) is 25.3 Å². The standard InChI is InChI=1S/C17H19NO3/c1-17(8-10-21-11-9-17)18-16(20)14-7-6-12-4-2-3-5-13(12)15(14)19/h2-7,19H,8-11H2,1H3,(H,18,20). The third kappa shape index (κ3) is 2.72. The third-order valence-electron chi connectivity index (χ3n) is 4.16. The Bertz CT molecular complexity index is 675. The van der Waals surface area contributed by atoms with Crippen molar-refractivity contribution in [2.75, 3.05) is 13.2 Å². The van der Waals surface area contributed by atoms with Gasteiger partial charge in [-0.15, -0.1) is 0 Å². The summed E-state index contributed by atoms with van der Waals surface area (Å²) in [6.45, 7) is 3.33. The number of amides is 1. The summed E-state index contributed by atoms with van der Waals surface area (Å²) in [5.74, 6) is -0.191. The summed E-state index contributed by atoms with van der Waals surface area (Å²) in [5.41, 5.74) is 0.0503. The Morgan fingerprint density at radius 3 is 2.67 bits per heavy atom. The first-order chi connectivity index (χ1) is 10.1. The summed E-state index contributed by atoms with van der Waals surface area (Å²) in [5, 5.41) is 15.0. The Kier molecular flexibility index (Phi) is 3.55. The molecule has 110 valence electrons. The molecule has 0 aliphatic carbocycles. The van der Waals surface area contributed by atoms with Crippen molar-refractivity contribution < 1.29 is 14.6 Å². The van der Waals surface area contributed by atoms with Gasteiger partial charge in [-0.1, -0.05) is 30.3 Å². The molecule has 2 aromatic rings. The van der Waals surface area contributed by atoms with Gasteiger partial charge < -0.3 is 15.2 Å². The van der Waals surface area contributed by atoms with Crippen LogP contribution < -0.4 is 5.32 Å². The number of phenolic OH excluding ortho intramolecular Hbond substituents is 1. The van der Waals surface area contributed by atoms with Gasteiger partial charge in [0.2, 0.25) is 0 Å². The lowest BCUT2D eigenvalue weighted by molar-refractivity contribution is 0.0422. The second-order valence-electron chi connectivity index (χ2n) is 5.81. The smallest absolute Gasteiger partial charge is 0.255 e. The van der Waals surface area contributed by atoms with E-state index >= 15 is 0 Å². The highest BCUT2D eigenvalue weighted by Crippen LogP contribution is 2.29. The molecule has 0 spiro atoms. The van der Waals surface area contributed by atoms with E-state index in [1.54, 1.807) is 6.07 Å². The predicted octanol–water partition coefficient (Wildman–Crippen LogP) is 2.84. The maximum atomic E-state index is 12.5. The topological polar surface area (TPSA) is 58.6 Å². The number of ether oxygens (including phenoxy) is 1. The van der Waals surface area contributed by atoms with Gasteiger partial charge in [-0.2, -0.15) is 0 Å². The molecule has 0 atom stereocenters. The van der Waals surface area contributed by atoms with Crippen LogP contribution in [0, 0.1) is 0 Å². The number of aromatic hydroxyl groups is 1. The molecule has 21 heavy (non-hydrogen) atoms. The van der Waals surface area contributed by atoms with Gasteiger partial charge in [-0.05, 0) is 31.2 Å². The van der Waals surface area contributed by atoms with E-state index in [0.29, 0.717) is 24.2 Å². The van der Waals surface area contributed by atoms with Crippen LogP contribution in [0.15, 0.2) is 36.4 Å². The monoisotopic (exact) mass is 285 g/mol. The maximum absolute atomic E-state index is 12.5. The molecule has 0 saturated carbocycles. The van der Waals surface area contributed by atoms with Crippen molar-refractivity contribution in [1.82, 2.24) is 5.32 Å². The van der Waals surface area contributed by atoms with Crippen LogP contribution in [0.3, 0.4) is 0 Å². The van der Waals surface area contributed by atoms with E-state index in [4.69, 9.17) is 4.74 Å². The number of phenols is 1. The fourth-order valence-electron chi connectivity index (χ4n) is 2.73. The van der Waals surface area contributed by atoms with Crippen LogP contribution >= 0.6 is 0 Å². The SMILES string of the molecule is CC1(NC(=O)c2ccc3ccccc3c2O)CCOCC1. The van der Waals surface area contributed by atoms with Crippen LogP contribution in [-0.4, -0.2) is 29.8 Å². The fraction of sp³-hybridized carbons (Fsp3) is 0.353. The van der Waals surface area contributed by atoms with Gasteiger partial charge in [0.15, 0.2) is 0 Å². The van der Waals surface area contributed by atoms with Gasteiger partial charge in [0, 0.05) is 24.1 Å². The lowest BCUT2D eigenvalue weighted by Gasteiger charge is -2.34. The minimum absolute atomic E-state index is 0.0428.